The minimum absolute atomic E-state index is 0. The van der Waals surface area contributed by atoms with Gasteiger partial charge in [0.25, 0.3) is 11.6 Å². The first-order valence-corrected chi connectivity index (χ1v) is 8.78. The van der Waals surface area contributed by atoms with Gasteiger partial charge < -0.3 is 11.1 Å². The average molecular weight is 408 g/mol. The lowest BCUT2D eigenvalue weighted by Gasteiger charge is -2.26. The number of nitrogens with two attached hydrogens (primary N) is 1. The van der Waals surface area contributed by atoms with Crippen LogP contribution >= 0.6 is 12.4 Å². The van der Waals surface area contributed by atoms with E-state index in [2.05, 4.69) is 10.4 Å². The molecule has 28 heavy (non-hydrogen) atoms. The summed E-state index contributed by atoms with van der Waals surface area (Å²) in [6.07, 6.45) is 3.12. The van der Waals surface area contributed by atoms with Gasteiger partial charge in [-0.1, -0.05) is 12.1 Å². The van der Waals surface area contributed by atoms with Crippen molar-refractivity contribution in [3.8, 4) is 5.69 Å². The van der Waals surface area contributed by atoms with E-state index in [1.807, 2.05) is 0 Å². The number of para-hydroxylation sites is 2. The molecule has 1 aliphatic carbocycles. The van der Waals surface area contributed by atoms with Crippen molar-refractivity contribution >= 4 is 24.0 Å². The number of nitrogens with zero attached hydrogens (tertiary/aromatic N) is 3. The fourth-order valence-electron chi connectivity index (χ4n) is 3.26. The summed E-state index contributed by atoms with van der Waals surface area (Å²) >= 11 is 0. The van der Waals surface area contributed by atoms with Crippen LogP contribution in [0.1, 0.15) is 41.9 Å². The lowest BCUT2D eigenvalue weighted by molar-refractivity contribution is -0.384. The first kappa shape index (κ1) is 21.5. The quantitative estimate of drug-likeness (QED) is 0.587. The van der Waals surface area contributed by atoms with Crippen molar-refractivity contribution in [2.75, 3.05) is 0 Å². The van der Waals surface area contributed by atoms with E-state index in [4.69, 9.17) is 5.73 Å². The zero-order valence-corrected chi connectivity index (χ0v) is 16.1. The van der Waals surface area contributed by atoms with E-state index in [-0.39, 0.29) is 41.6 Å². The molecule has 0 saturated heterocycles. The number of halogens is 1. The molecule has 2 aromatic rings. The zero-order chi connectivity index (χ0) is 19.6. The predicted molar refractivity (Wildman–Crippen MR) is 106 cm³/mol. The van der Waals surface area contributed by atoms with Gasteiger partial charge in [0.05, 0.1) is 4.92 Å². The highest BCUT2D eigenvalue weighted by Crippen LogP contribution is 2.22. The van der Waals surface area contributed by atoms with Crippen molar-refractivity contribution in [3.05, 3.63) is 62.1 Å². The van der Waals surface area contributed by atoms with Crippen LogP contribution in [0, 0.1) is 17.0 Å². The molecule has 0 atom stereocenters. The van der Waals surface area contributed by atoms with E-state index in [1.165, 1.54) is 22.9 Å². The van der Waals surface area contributed by atoms with Crippen LogP contribution in [0.2, 0.25) is 0 Å². The molecule has 9 nitrogen and oxygen atoms in total. The van der Waals surface area contributed by atoms with Gasteiger partial charge in [-0.15, -0.1) is 12.4 Å². The van der Waals surface area contributed by atoms with Crippen molar-refractivity contribution in [2.24, 2.45) is 5.73 Å². The molecule has 10 heteroatoms. The molecule has 1 fully saturated rings. The summed E-state index contributed by atoms with van der Waals surface area (Å²) in [5.41, 5.74) is 5.49. The highest BCUT2D eigenvalue weighted by molar-refractivity contribution is 5.92. The number of carbonyl (C=O) groups excluding carboxylic acids is 1. The summed E-state index contributed by atoms with van der Waals surface area (Å²) in [5.74, 6) is -0.576. The van der Waals surface area contributed by atoms with E-state index in [0.717, 1.165) is 25.7 Å². The molecule has 3 N–H and O–H groups in total. The number of rotatable bonds is 4. The number of nitro groups is 1. The van der Waals surface area contributed by atoms with Crippen LogP contribution in [0.15, 0.2) is 35.1 Å². The monoisotopic (exact) mass is 407 g/mol. The number of hydrogen-bond donors (Lipinski definition) is 2. The number of amides is 1. The predicted octanol–water partition coefficient (Wildman–Crippen LogP) is 1.87. The van der Waals surface area contributed by atoms with Crippen molar-refractivity contribution in [2.45, 2.75) is 44.7 Å². The maximum atomic E-state index is 12.6. The first-order valence-electron chi connectivity index (χ1n) is 8.78. The smallest absolute Gasteiger partial charge is 0.294 e. The van der Waals surface area contributed by atoms with Crippen molar-refractivity contribution in [1.82, 2.24) is 15.1 Å². The highest BCUT2D eigenvalue weighted by atomic mass is 35.5. The maximum Gasteiger partial charge on any atom is 0.294 e. The van der Waals surface area contributed by atoms with Crippen LogP contribution in [0.3, 0.4) is 0 Å². The fraction of sp³-hybridized carbons (Fsp3) is 0.389. The first-order chi connectivity index (χ1) is 12.9. The Morgan fingerprint density at radius 2 is 1.93 bits per heavy atom. The minimum Gasteiger partial charge on any atom is -0.348 e. The third kappa shape index (κ3) is 4.55. The Hall–Kier alpha value is -2.78. The van der Waals surface area contributed by atoms with Crippen molar-refractivity contribution in [1.29, 1.82) is 0 Å². The summed E-state index contributed by atoms with van der Waals surface area (Å²) in [7, 11) is 0. The Morgan fingerprint density at radius 1 is 1.29 bits per heavy atom. The molecule has 1 aliphatic rings. The number of aromatic nitrogens is 2. The standard InChI is InChI=1S/C18H21N5O4.ClH/c1-11-10-16(24)17(18(25)20-13-8-6-12(19)7-9-13)21-22(11)14-4-2-3-5-15(14)23(26)27;/h2-5,10,12-13H,6-9,19H2,1H3,(H,20,25);1H. The van der Waals surface area contributed by atoms with Gasteiger partial charge >= 0.3 is 0 Å². The van der Waals surface area contributed by atoms with Gasteiger partial charge in [0.15, 0.2) is 5.69 Å². The second-order valence-corrected chi connectivity index (χ2v) is 6.74. The molecule has 0 spiro atoms. The number of carbonyl (C=O) groups is 1. The van der Waals surface area contributed by atoms with Gasteiger partial charge in [0, 0.05) is 29.9 Å². The lowest BCUT2D eigenvalue weighted by Crippen LogP contribution is -2.42. The summed E-state index contributed by atoms with van der Waals surface area (Å²) in [5, 5.41) is 18.3. The zero-order valence-electron chi connectivity index (χ0n) is 15.3. The van der Waals surface area contributed by atoms with Gasteiger partial charge in [-0.25, -0.2) is 4.68 Å². The molecule has 0 radical (unpaired) electrons. The molecule has 0 unspecified atom stereocenters. The molecule has 1 aromatic carbocycles. The number of hydrogen-bond acceptors (Lipinski definition) is 6. The van der Waals surface area contributed by atoms with Gasteiger partial charge in [0.2, 0.25) is 5.43 Å². The van der Waals surface area contributed by atoms with Gasteiger partial charge in [-0.2, -0.15) is 5.10 Å². The lowest BCUT2D eigenvalue weighted by atomic mass is 9.92. The second-order valence-electron chi connectivity index (χ2n) is 6.74. The second kappa shape index (κ2) is 8.94. The van der Waals surface area contributed by atoms with E-state index < -0.39 is 16.3 Å². The summed E-state index contributed by atoms with van der Waals surface area (Å²) in [4.78, 5) is 35.6. The topological polar surface area (TPSA) is 133 Å². The summed E-state index contributed by atoms with van der Waals surface area (Å²) in [6, 6.07) is 7.39. The third-order valence-corrected chi connectivity index (χ3v) is 4.74. The van der Waals surface area contributed by atoms with E-state index in [0.29, 0.717) is 5.69 Å². The Kier molecular flexibility index (Phi) is 6.87. The van der Waals surface area contributed by atoms with Crippen molar-refractivity contribution < 1.29 is 9.72 Å². The molecular weight excluding hydrogens is 386 g/mol. The fourth-order valence-corrected chi connectivity index (χ4v) is 3.26. The summed E-state index contributed by atoms with van der Waals surface area (Å²) < 4.78 is 1.26. The Labute approximate surface area is 167 Å². The van der Waals surface area contributed by atoms with Gasteiger partial charge in [0.1, 0.15) is 5.69 Å². The molecule has 3 rings (SSSR count). The summed E-state index contributed by atoms with van der Waals surface area (Å²) in [6.45, 7) is 1.61. The average Bonchev–Trinajstić information content (AvgIpc) is 2.63. The largest absolute Gasteiger partial charge is 0.348 e. The van der Waals surface area contributed by atoms with E-state index in [9.17, 15) is 19.7 Å². The Balaban J connectivity index is 0.00000280. The Bertz CT molecular complexity index is 938. The number of benzene rings is 1. The molecule has 1 heterocycles. The van der Waals surface area contributed by atoms with E-state index in [1.54, 1.807) is 19.1 Å². The van der Waals surface area contributed by atoms with Gasteiger partial charge in [-0.05, 0) is 38.7 Å². The van der Waals surface area contributed by atoms with Crippen LogP contribution < -0.4 is 16.5 Å². The molecule has 150 valence electrons. The number of nitrogens with one attached hydrogen (secondary N) is 1. The normalized spacial score (nSPS) is 18.8. The molecule has 1 saturated carbocycles. The number of aryl methyl sites for hydroxylation is 1. The van der Waals surface area contributed by atoms with Crippen LogP contribution in [-0.4, -0.2) is 32.7 Å². The van der Waals surface area contributed by atoms with E-state index >= 15 is 0 Å². The Morgan fingerprint density at radius 3 is 2.57 bits per heavy atom. The van der Waals surface area contributed by atoms with Crippen LogP contribution in [-0.2, 0) is 0 Å². The molecule has 0 aliphatic heterocycles. The minimum atomic E-state index is -0.576. The molecule has 0 bridgehead atoms. The number of nitro benzene ring substituents is 1. The molecule has 1 amide bonds. The molecular formula is C18H22ClN5O4. The third-order valence-electron chi connectivity index (χ3n) is 4.74. The van der Waals surface area contributed by atoms with Crippen LogP contribution in [0.5, 0.6) is 0 Å². The highest BCUT2D eigenvalue weighted by Gasteiger charge is 2.24. The maximum absolute atomic E-state index is 12.6. The van der Waals surface area contributed by atoms with Crippen LogP contribution in [0.4, 0.5) is 5.69 Å². The van der Waals surface area contributed by atoms with Crippen LogP contribution in [0.25, 0.3) is 5.69 Å². The SMILES string of the molecule is Cc1cc(=O)c(C(=O)NC2CCC(N)CC2)nn1-c1ccccc1[N+](=O)[O-].Cl. The van der Waals surface area contributed by atoms with Gasteiger partial charge in [-0.3, -0.25) is 19.7 Å². The van der Waals surface area contributed by atoms with Crippen molar-refractivity contribution in [3.63, 3.8) is 0 Å². The molecule has 1 aromatic heterocycles.